The van der Waals surface area contributed by atoms with Gasteiger partial charge in [-0.2, -0.15) is 0 Å². The number of hydrogen-bond donors (Lipinski definition) is 7. The molecule has 2 amide bonds. The lowest BCUT2D eigenvalue weighted by molar-refractivity contribution is 0.0925. The molecule has 0 fully saturated rings. The number of methoxy groups -OCH3 is 1. The molecule has 0 spiro atoms. The van der Waals surface area contributed by atoms with E-state index in [2.05, 4.69) is 171 Å². The minimum Gasteiger partial charge on any atom is -0.497 e. The van der Waals surface area contributed by atoms with Gasteiger partial charge in [-0.3, -0.25) is 14.7 Å². The van der Waals surface area contributed by atoms with Crippen molar-refractivity contribution in [2.45, 2.75) is 89.6 Å². The van der Waals surface area contributed by atoms with Gasteiger partial charge in [0.2, 0.25) is 0 Å². The largest absolute Gasteiger partial charge is 0.497 e. The monoisotopic (exact) mass is 1840 g/mol. The highest BCUT2D eigenvalue weighted by Crippen LogP contribution is 2.45. The number of aromatic nitrogens is 7. The Labute approximate surface area is 760 Å². The molecular formula is C103H92BrCl3F4N12O5. The van der Waals surface area contributed by atoms with E-state index in [4.69, 9.17) is 49.0 Å². The molecule has 11 aromatic carbocycles. The van der Waals surface area contributed by atoms with Crippen LogP contribution >= 0.6 is 50.7 Å². The summed E-state index contributed by atoms with van der Waals surface area (Å²) in [6.07, 6.45) is 9.08. The predicted molar refractivity (Wildman–Crippen MR) is 503 cm³/mol. The number of halogens is 8. The molecule has 0 radical (unpaired) electrons. The van der Waals surface area contributed by atoms with Crippen molar-refractivity contribution in [2.75, 3.05) is 53.0 Å². The number of ether oxygens (including phenoxy) is 3. The minimum atomic E-state index is -0.440. The number of nitrogens with one attached hydrogen (secondary N) is 7. The first-order chi connectivity index (χ1) is 62.3. The number of nitrogens with zero attached hydrogens (tertiary/aromatic N) is 5. The van der Waals surface area contributed by atoms with E-state index in [1.54, 1.807) is 61.2 Å². The van der Waals surface area contributed by atoms with Crippen LogP contribution in [0.25, 0.3) is 60.2 Å². The number of fused-ring (bicyclic) bond motifs is 15. The number of aromatic amines is 5. The summed E-state index contributed by atoms with van der Waals surface area (Å²) in [6.45, 7) is 11.0. The highest BCUT2D eigenvalue weighted by Gasteiger charge is 2.39. The van der Waals surface area contributed by atoms with E-state index >= 15 is 0 Å². The summed E-state index contributed by atoms with van der Waals surface area (Å²) in [7, 11) is 1.62. The fourth-order valence-corrected chi connectivity index (χ4v) is 19.6. The number of hydrogen-bond acceptors (Lipinski definition) is 9. The van der Waals surface area contributed by atoms with Crippen LogP contribution < -0.4 is 15.4 Å². The third-order valence-corrected chi connectivity index (χ3v) is 26.0. The van der Waals surface area contributed by atoms with Gasteiger partial charge >= 0.3 is 12.2 Å². The van der Waals surface area contributed by atoms with Gasteiger partial charge in [-0.15, -0.1) is 0 Å². The van der Waals surface area contributed by atoms with Gasteiger partial charge in [0.05, 0.1) is 44.8 Å². The quantitative estimate of drug-likeness (QED) is 0.0617. The summed E-state index contributed by atoms with van der Waals surface area (Å²) in [5.74, 6) is -0.630. The molecule has 0 bridgehead atoms. The van der Waals surface area contributed by atoms with Crippen molar-refractivity contribution in [3.63, 3.8) is 0 Å². The molecule has 22 rings (SSSR count). The highest BCUT2D eigenvalue weighted by molar-refractivity contribution is 9.10. The fourth-order valence-electron chi connectivity index (χ4n) is 18.8. The van der Waals surface area contributed by atoms with Gasteiger partial charge in [0.1, 0.15) is 41.1 Å². The van der Waals surface area contributed by atoms with Gasteiger partial charge in [-0.25, -0.2) is 32.1 Å². The molecule has 0 saturated heterocycles. The maximum Gasteiger partial charge on any atom is 0.410 e. The summed E-state index contributed by atoms with van der Waals surface area (Å²) >= 11 is 22.0. The number of aryl methyl sites for hydroxylation is 1. The average Bonchev–Trinajstić information content (AvgIpc) is 1.57. The second kappa shape index (κ2) is 37.9. The van der Waals surface area contributed by atoms with Crippen molar-refractivity contribution in [3.8, 4) is 11.4 Å². The lowest BCUT2D eigenvalue weighted by Crippen LogP contribution is -2.40. The molecule has 6 aromatic heterocycles. The van der Waals surface area contributed by atoms with Gasteiger partial charge in [-0.1, -0.05) is 147 Å². The molecule has 17 aromatic rings. The van der Waals surface area contributed by atoms with E-state index in [0.717, 1.165) is 154 Å². The number of rotatable bonds is 11. The van der Waals surface area contributed by atoms with Gasteiger partial charge in [0.15, 0.2) is 0 Å². The zero-order valence-corrected chi connectivity index (χ0v) is 74.5. The Morgan fingerprint density at radius 3 is 1.38 bits per heavy atom. The zero-order valence-electron chi connectivity index (χ0n) is 70.6. The zero-order chi connectivity index (χ0) is 88.4. The third kappa shape index (κ3) is 17.9. The molecular weight excluding hydrogens is 1750 g/mol. The SMILES string of the molecule is CCOC(=O)N1CCc2c([nH]c3ccc(F)cc23)C1c1ccc(Br)cc1.CCOC(=O)N1CCc2c([nH]c3ccc(F)cc23)C1c1ccc(OC)cc1.Cc1ccc(C2NCCc3c2[nH]c2ccc(Cl)cc32)cc1.Clc1ccc2[nH]c3c(c2c1)CCN(Cc1ccccc1)C3c1ccc(-n2ccnc2)cc1.Fc1ccc(F)c(C2NCCc3c2[nH]c2ccc(Cl)cc32)c1. The summed E-state index contributed by atoms with van der Waals surface area (Å²) in [5.41, 5.74) is 24.9. The maximum absolute atomic E-state index is 14.1. The lowest BCUT2D eigenvalue weighted by Gasteiger charge is -2.36. The maximum atomic E-state index is 14.1. The van der Waals surface area contributed by atoms with Crippen LogP contribution in [0.15, 0.2) is 260 Å². The fraction of sp³-hybridized carbons (Fsp3) is 0.214. The summed E-state index contributed by atoms with van der Waals surface area (Å²) < 4.78 is 74.0. The molecule has 650 valence electrons. The number of benzene rings is 11. The number of H-pyrrole nitrogens is 5. The Balaban J connectivity index is 0.000000109. The van der Waals surface area contributed by atoms with E-state index in [-0.39, 0.29) is 54.0 Å². The molecule has 7 N–H and O–H groups in total. The molecule has 5 atom stereocenters. The Bertz CT molecular complexity index is 6890. The first kappa shape index (κ1) is 86.4. The smallest absolute Gasteiger partial charge is 0.410 e. The first-order valence-corrected chi connectivity index (χ1v) is 44.9. The second-order valence-electron chi connectivity index (χ2n) is 32.5. The van der Waals surface area contributed by atoms with E-state index in [9.17, 15) is 27.2 Å². The Morgan fingerprint density at radius 1 is 0.453 bits per heavy atom. The second-order valence-corrected chi connectivity index (χ2v) is 34.7. The molecule has 0 aliphatic carbocycles. The van der Waals surface area contributed by atoms with Gasteiger partial charge in [0, 0.05) is 165 Å². The Hall–Kier alpha value is -12.4. The number of carbonyl (C=O) groups excluding carboxylic acids is 2. The van der Waals surface area contributed by atoms with Crippen molar-refractivity contribution in [1.82, 2.24) is 59.8 Å². The van der Waals surface area contributed by atoms with Crippen molar-refractivity contribution >= 4 is 117 Å². The average molecular weight is 1840 g/mol. The molecule has 5 unspecified atom stereocenters. The Kier molecular flexibility index (Phi) is 25.6. The van der Waals surface area contributed by atoms with Crippen LogP contribution in [0.1, 0.15) is 139 Å². The van der Waals surface area contributed by atoms with Gasteiger partial charge in [-0.05, 0) is 254 Å². The minimum absolute atomic E-state index is 0.155. The molecule has 17 nitrogen and oxygen atoms in total. The van der Waals surface area contributed by atoms with Crippen molar-refractivity contribution < 1.29 is 41.4 Å². The van der Waals surface area contributed by atoms with E-state index in [0.29, 0.717) is 56.3 Å². The highest BCUT2D eigenvalue weighted by atomic mass is 79.9. The summed E-state index contributed by atoms with van der Waals surface area (Å²) in [6, 6.07) is 74.1. The van der Waals surface area contributed by atoms with E-state index < -0.39 is 11.6 Å². The van der Waals surface area contributed by atoms with Crippen molar-refractivity contribution in [1.29, 1.82) is 0 Å². The molecule has 0 saturated carbocycles. The van der Waals surface area contributed by atoms with Crippen LogP contribution in [-0.2, 0) is 48.1 Å². The summed E-state index contributed by atoms with van der Waals surface area (Å²) in [5, 5.41) is 14.4. The predicted octanol–water partition coefficient (Wildman–Crippen LogP) is 24.4. The number of imidazole rings is 1. The normalized spacial score (nSPS) is 16.9. The molecule has 5 aliphatic heterocycles. The topological polar surface area (TPSA) is 192 Å². The first-order valence-electron chi connectivity index (χ1n) is 42.9. The van der Waals surface area contributed by atoms with Crippen molar-refractivity contribution in [3.05, 3.63) is 393 Å². The number of amides is 2. The molecule has 25 heteroatoms. The van der Waals surface area contributed by atoms with Crippen LogP contribution in [0.2, 0.25) is 15.1 Å². The molecule has 128 heavy (non-hydrogen) atoms. The molecule has 11 heterocycles. The van der Waals surface area contributed by atoms with Crippen LogP contribution in [0.5, 0.6) is 5.75 Å². The van der Waals surface area contributed by atoms with Crippen LogP contribution in [0.3, 0.4) is 0 Å². The lowest BCUT2D eigenvalue weighted by atomic mass is 9.91. The Morgan fingerprint density at radius 2 is 0.875 bits per heavy atom. The van der Waals surface area contributed by atoms with Crippen LogP contribution in [0, 0.1) is 30.2 Å². The standard InChI is InChI=1S/C27H23ClN4.C21H21FN2O3.C20H18BrFN2O2.C18H17ClN2.C17H13ClF2N2/c28-21-8-11-25-24(16-21)23-12-14-31(17-19-4-2-1-3-5-19)27(26(23)30-25)20-6-9-22(10-7-20)32-15-13-29-18-32;1-3-27-21(25)24-11-10-16-17-12-14(22)6-9-18(17)23-19(16)20(24)13-4-7-15(26-2)8-5-13;1-2-26-20(25)24-10-9-15-16-11-14(22)7-8-17(16)23-18(15)19(24)12-3-5-13(21)6-4-12;1-11-2-4-12(5-3-11)17-18-14(8-9-20-17)15-10-13(19)6-7-16(15)21-18;18-9-1-4-15-12(7-9)11-5-6-21-16(17(11)22-15)13-8-10(19)2-3-14(13)20/h1-11,13,15-16,18,27,30H,12,14,17H2;4-9,12,20,23H,3,10-11H2,1-2H3;3-8,11,19,23H,2,9-10H2,1H3;2-7,10,17,20-21H,8-9H2,1H3;1-4,7-8,16,21-22H,5-6H2. The van der Waals surface area contributed by atoms with Crippen LogP contribution in [0.4, 0.5) is 27.2 Å². The van der Waals surface area contributed by atoms with Gasteiger partial charge < -0.3 is 54.3 Å². The van der Waals surface area contributed by atoms with E-state index in [1.165, 1.54) is 85.3 Å². The van der Waals surface area contributed by atoms with Crippen molar-refractivity contribution in [2.24, 2.45) is 0 Å². The molecule has 5 aliphatic rings. The van der Waals surface area contributed by atoms with E-state index in [1.807, 2.05) is 96.0 Å². The van der Waals surface area contributed by atoms with Gasteiger partial charge in [0.25, 0.3) is 0 Å². The third-order valence-electron chi connectivity index (χ3n) is 24.7. The number of carbonyl (C=O) groups is 2. The summed E-state index contributed by atoms with van der Waals surface area (Å²) in [4.78, 5) is 52.8. The van der Waals surface area contributed by atoms with Crippen LogP contribution in [-0.4, -0.2) is 114 Å².